The summed E-state index contributed by atoms with van der Waals surface area (Å²) < 4.78 is 5.18. The maximum absolute atomic E-state index is 5.18. The normalized spacial score (nSPS) is 10.8. The van der Waals surface area contributed by atoms with Gasteiger partial charge in [0.2, 0.25) is 0 Å². The minimum atomic E-state index is 0.869. The molecule has 0 N–H and O–H groups in total. The van der Waals surface area contributed by atoms with Crippen molar-refractivity contribution >= 4 is 27.0 Å². The molecule has 0 aliphatic heterocycles. The smallest absolute Gasteiger partial charge is 0.181 e. The SMILES string of the molecule is BrCCc1ccc2ncoc2c1. The Hall–Kier alpha value is -0.830. The molecule has 2 nitrogen and oxygen atoms in total. The predicted octanol–water partition coefficient (Wildman–Crippen LogP) is 2.77. The molecule has 0 aliphatic carbocycles. The van der Waals surface area contributed by atoms with Crippen molar-refractivity contribution in [2.24, 2.45) is 0 Å². The fourth-order valence-electron chi connectivity index (χ4n) is 1.16. The summed E-state index contributed by atoms with van der Waals surface area (Å²) in [5.41, 5.74) is 3.07. The number of nitrogens with zero attached hydrogens (tertiary/aromatic N) is 1. The fraction of sp³-hybridized carbons (Fsp3) is 0.222. The maximum Gasteiger partial charge on any atom is 0.181 e. The van der Waals surface area contributed by atoms with Gasteiger partial charge < -0.3 is 4.42 Å². The molecule has 12 heavy (non-hydrogen) atoms. The summed E-state index contributed by atoms with van der Waals surface area (Å²) in [6, 6.07) is 6.09. The highest BCUT2D eigenvalue weighted by Gasteiger charge is 1.98. The van der Waals surface area contributed by atoms with Crippen LogP contribution < -0.4 is 0 Å². The number of oxazole rings is 1. The first kappa shape index (κ1) is 7.80. The molecule has 62 valence electrons. The van der Waals surface area contributed by atoms with Crippen LogP contribution in [0.4, 0.5) is 0 Å². The third-order valence-electron chi connectivity index (χ3n) is 1.78. The van der Waals surface area contributed by atoms with Gasteiger partial charge >= 0.3 is 0 Å². The third-order valence-corrected chi connectivity index (χ3v) is 2.18. The quantitative estimate of drug-likeness (QED) is 0.736. The van der Waals surface area contributed by atoms with Crippen molar-refractivity contribution in [2.45, 2.75) is 6.42 Å². The van der Waals surface area contributed by atoms with Crippen LogP contribution in [0.3, 0.4) is 0 Å². The van der Waals surface area contributed by atoms with E-state index in [1.54, 1.807) is 0 Å². The van der Waals surface area contributed by atoms with Crippen molar-refractivity contribution < 1.29 is 4.42 Å². The number of fused-ring (bicyclic) bond motifs is 1. The van der Waals surface area contributed by atoms with Crippen LogP contribution in [0.25, 0.3) is 11.1 Å². The first-order valence-electron chi connectivity index (χ1n) is 3.78. The summed E-state index contributed by atoms with van der Waals surface area (Å²) >= 11 is 3.39. The summed E-state index contributed by atoms with van der Waals surface area (Å²) in [7, 11) is 0. The molecule has 0 atom stereocenters. The molecule has 0 unspecified atom stereocenters. The summed E-state index contributed by atoms with van der Waals surface area (Å²) in [6.07, 6.45) is 2.50. The molecule has 0 saturated carbocycles. The minimum Gasteiger partial charge on any atom is -0.443 e. The molecule has 3 heteroatoms. The lowest BCUT2D eigenvalue weighted by atomic mass is 10.1. The summed E-state index contributed by atoms with van der Waals surface area (Å²) in [6.45, 7) is 0. The van der Waals surface area contributed by atoms with E-state index in [1.165, 1.54) is 12.0 Å². The second kappa shape index (κ2) is 3.27. The van der Waals surface area contributed by atoms with Gasteiger partial charge in [0.15, 0.2) is 12.0 Å². The van der Waals surface area contributed by atoms with Gasteiger partial charge in [-0.3, -0.25) is 0 Å². The number of alkyl halides is 1. The fourth-order valence-corrected chi connectivity index (χ4v) is 1.62. The maximum atomic E-state index is 5.18. The van der Waals surface area contributed by atoms with E-state index >= 15 is 0 Å². The van der Waals surface area contributed by atoms with E-state index in [-0.39, 0.29) is 0 Å². The van der Waals surface area contributed by atoms with Gasteiger partial charge in [-0.1, -0.05) is 22.0 Å². The van der Waals surface area contributed by atoms with Crippen LogP contribution in [-0.2, 0) is 6.42 Å². The van der Waals surface area contributed by atoms with Crippen molar-refractivity contribution in [3.05, 3.63) is 30.2 Å². The number of aromatic nitrogens is 1. The molecule has 0 amide bonds. The van der Waals surface area contributed by atoms with Crippen molar-refractivity contribution in [2.75, 3.05) is 5.33 Å². The molecule has 2 aromatic rings. The standard InChI is InChI=1S/C9H8BrNO/c10-4-3-7-1-2-8-9(5-7)12-6-11-8/h1-2,5-6H,3-4H2. The number of halogens is 1. The van der Waals surface area contributed by atoms with Crippen molar-refractivity contribution in [1.82, 2.24) is 4.98 Å². The first-order chi connectivity index (χ1) is 5.90. The Morgan fingerprint density at radius 1 is 1.42 bits per heavy atom. The zero-order chi connectivity index (χ0) is 8.39. The van der Waals surface area contributed by atoms with Gasteiger partial charge in [0.25, 0.3) is 0 Å². The van der Waals surface area contributed by atoms with Gasteiger partial charge in [-0.25, -0.2) is 4.98 Å². The lowest BCUT2D eigenvalue weighted by Crippen LogP contribution is -1.83. The number of rotatable bonds is 2. The van der Waals surface area contributed by atoms with E-state index in [4.69, 9.17) is 4.42 Å². The van der Waals surface area contributed by atoms with E-state index in [2.05, 4.69) is 27.0 Å². The number of benzene rings is 1. The van der Waals surface area contributed by atoms with Crippen molar-refractivity contribution in [3.8, 4) is 0 Å². The molecule has 0 radical (unpaired) electrons. The van der Waals surface area contributed by atoms with E-state index in [0.29, 0.717) is 0 Å². The highest BCUT2D eigenvalue weighted by atomic mass is 79.9. The monoisotopic (exact) mass is 225 g/mol. The molecule has 1 heterocycles. The van der Waals surface area contributed by atoms with Crippen LogP contribution in [0, 0.1) is 0 Å². The Morgan fingerprint density at radius 2 is 2.33 bits per heavy atom. The zero-order valence-electron chi connectivity index (χ0n) is 6.46. The number of aryl methyl sites for hydroxylation is 1. The molecule has 0 aliphatic rings. The molecule has 0 fully saturated rings. The third kappa shape index (κ3) is 1.37. The second-order valence-electron chi connectivity index (χ2n) is 2.59. The lowest BCUT2D eigenvalue weighted by Gasteiger charge is -1.95. The van der Waals surface area contributed by atoms with Crippen molar-refractivity contribution in [3.63, 3.8) is 0 Å². The van der Waals surface area contributed by atoms with Crippen LogP contribution in [0.1, 0.15) is 5.56 Å². The van der Waals surface area contributed by atoms with Gasteiger partial charge in [0.1, 0.15) is 5.52 Å². The highest BCUT2D eigenvalue weighted by Crippen LogP contribution is 2.14. The minimum absolute atomic E-state index is 0.869. The Morgan fingerprint density at radius 3 is 3.17 bits per heavy atom. The van der Waals surface area contributed by atoms with E-state index in [9.17, 15) is 0 Å². The summed E-state index contributed by atoms with van der Waals surface area (Å²) in [4.78, 5) is 4.04. The largest absolute Gasteiger partial charge is 0.443 e. The van der Waals surface area contributed by atoms with Gasteiger partial charge in [0, 0.05) is 5.33 Å². The molecular weight excluding hydrogens is 218 g/mol. The van der Waals surface area contributed by atoms with Gasteiger partial charge in [-0.2, -0.15) is 0 Å². The topological polar surface area (TPSA) is 26.0 Å². The van der Waals surface area contributed by atoms with Crippen LogP contribution in [0.2, 0.25) is 0 Å². The molecule has 0 bridgehead atoms. The molecule has 0 saturated heterocycles. The molecular formula is C9H8BrNO. The van der Waals surface area contributed by atoms with E-state index in [1.807, 2.05) is 12.1 Å². The number of hydrogen-bond acceptors (Lipinski definition) is 2. The zero-order valence-corrected chi connectivity index (χ0v) is 8.04. The van der Waals surface area contributed by atoms with Gasteiger partial charge in [0.05, 0.1) is 0 Å². The van der Waals surface area contributed by atoms with Crippen LogP contribution in [0.5, 0.6) is 0 Å². The second-order valence-corrected chi connectivity index (χ2v) is 3.39. The number of hydrogen-bond donors (Lipinski definition) is 0. The van der Waals surface area contributed by atoms with Crippen LogP contribution in [0.15, 0.2) is 29.0 Å². The molecule has 1 aromatic heterocycles. The summed E-state index contributed by atoms with van der Waals surface area (Å²) in [5.74, 6) is 0. The Bertz CT molecular complexity index is 383. The predicted molar refractivity (Wildman–Crippen MR) is 51.5 cm³/mol. The van der Waals surface area contributed by atoms with Crippen LogP contribution >= 0.6 is 15.9 Å². The van der Waals surface area contributed by atoms with Gasteiger partial charge in [-0.15, -0.1) is 0 Å². The Labute approximate surface area is 78.7 Å². The lowest BCUT2D eigenvalue weighted by molar-refractivity contribution is 0.602. The van der Waals surface area contributed by atoms with E-state index in [0.717, 1.165) is 22.9 Å². The van der Waals surface area contributed by atoms with E-state index < -0.39 is 0 Å². The van der Waals surface area contributed by atoms with Gasteiger partial charge in [-0.05, 0) is 24.1 Å². The summed E-state index contributed by atoms with van der Waals surface area (Å²) in [5, 5.41) is 0.979. The average molecular weight is 226 g/mol. The molecule has 0 spiro atoms. The Kier molecular flexibility index (Phi) is 2.13. The first-order valence-corrected chi connectivity index (χ1v) is 4.90. The Balaban J connectivity index is 2.46. The average Bonchev–Trinajstić information content (AvgIpc) is 2.51. The van der Waals surface area contributed by atoms with Crippen molar-refractivity contribution in [1.29, 1.82) is 0 Å². The highest BCUT2D eigenvalue weighted by molar-refractivity contribution is 9.09. The molecule has 2 rings (SSSR count). The molecule has 1 aromatic carbocycles. The van der Waals surface area contributed by atoms with Crippen LogP contribution in [-0.4, -0.2) is 10.3 Å².